The lowest BCUT2D eigenvalue weighted by molar-refractivity contribution is -0.353. The van der Waals surface area contributed by atoms with Crippen LogP contribution in [-0.2, 0) is 33.2 Å². The first-order valence-electron chi connectivity index (χ1n) is 18.3. The molecule has 278 valence electrons. The van der Waals surface area contributed by atoms with E-state index in [1.807, 2.05) is 0 Å². The summed E-state index contributed by atoms with van der Waals surface area (Å²) in [6.45, 7) is 5.84. The molecule has 0 radical (unpaired) electrons. The normalized spacial score (nSPS) is 54.4. The monoisotopic (exact) mass is 696 g/mol. The van der Waals surface area contributed by atoms with Crippen LogP contribution in [0.25, 0.3) is 0 Å². The van der Waals surface area contributed by atoms with Gasteiger partial charge in [-0.1, -0.05) is 13.8 Å². The molecule has 17 atom stereocenters. The van der Waals surface area contributed by atoms with Gasteiger partial charge in [0, 0.05) is 31.4 Å². The van der Waals surface area contributed by atoms with Crippen LogP contribution in [0.15, 0.2) is 11.6 Å². The summed E-state index contributed by atoms with van der Waals surface area (Å²) in [5.41, 5.74) is -1.75. The van der Waals surface area contributed by atoms with Crippen molar-refractivity contribution in [1.29, 1.82) is 0 Å². The van der Waals surface area contributed by atoms with Gasteiger partial charge in [-0.2, -0.15) is 0 Å². The molecule has 3 aliphatic heterocycles. The number of hydrogen-bond acceptors (Lipinski definition) is 13. The second-order valence-electron chi connectivity index (χ2n) is 16.6. The highest BCUT2D eigenvalue weighted by molar-refractivity contribution is 5.85. The number of methoxy groups -OCH3 is 1. The molecule has 0 unspecified atom stereocenters. The van der Waals surface area contributed by atoms with Crippen LogP contribution in [0.5, 0.6) is 0 Å². The second-order valence-corrected chi connectivity index (χ2v) is 16.6. The Kier molecular flexibility index (Phi) is 9.60. The molecule has 13 nitrogen and oxygen atoms in total. The molecule has 0 aromatic heterocycles. The van der Waals surface area contributed by atoms with Crippen molar-refractivity contribution >= 4 is 5.97 Å². The smallest absolute Gasteiger partial charge is 0.331 e. The van der Waals surface area contributed by atoms with Gasteiger partial charge in [-0.3, -0.25) is 0 Å². The van der Waals surface area contributed by atoms with E-state index < -0.39 is 84.6 Å². The van der Waals surface area contributed by atoms with Crippen molar-refractivity contribution in [2.45, 2.75) is 158 Å². The van der Waals surface area contributed by atoms with Crippen molar-refractivity contribution in [3.63, 3.8) is 0 Å². The van der Waals surface area contributed by atoms with E-state index in [-0.39, 0.29) is 35.6 Å². The van der Waals surface area contributed by atoms with Gasteiger partial charge in [-0.25, -0.2) is 4.79 Å². The third kappa shape index (κ3) is 5.65. The lowest BCUT2D eigenvalue weighted by Gasteiger charge is -2.66. The van der Waals surface area contributed by atoms with Crippen LogP contribution in [0.2, 0.25) is 0 Å². The first-order valence-corrected chi connectivity index (χ1v) is 18.3. The molecule has 0 amide bonds. The summed E-state index contributed by atoms with van der Waals surface area (Å²) in [5, 5.41) is 66.9. The number of aliphatic hydroxyl groups excluding tert-OH is 4. The molecule has 6 fully saturated rings. The lowest BCUT2D eigenvalue weighted by Crippen LogP contribution is -2.68. The van der Waals surface area contributed by atoms with E-state index in [4.69, 9.17) is 28.4 Å². The zero-order valence-corrected chi connectivity index (χ0v) is 29.1. The van der Waals surface area contributed by atoms with Gasteiger partial charge >= 0.3 is 5.97 Å². The van der Waals surface area contributed by atoms with Crippen molar-refractivity contribution in [1.82, 2.24) is 0 Å². The van der Waals surface area contributed by atoms with Crippen molar-refractivity contribution in [2.75, 3.05) is 20.3 Å². The number of aliphatic hydroxyl groups is 6. The fourth-order valence-corrected chi connectivity index (χ4v) is 11.5. The summed E-state index contributed by atoms with van der Waals surface area (Å²) in [5.74, 6) is -0.0421. The van der Waals surface area contributed by atoms with Gasteiger partial charge in [0.1, 0.15) is 37.1 Å². The molecule has 0 aromatic rings. The molecule has 7 rings (SSSR count). The number of ether oxygens (including phenoxy) is 6. The number of rotatable bonds is 7. The number of carbonyl (C=O) groups is 1. The van der Waals surface area contributed by atoms with E-state index in [1.54, 1.807) is 13.0 Å². The Hall–Kier alpha value is -1.23. The molecule has 4 aliphatic carbocycles. The second kappa shape index (κ2) is 13.0. The van der Waals surface area contributed by atoms with Crippen molar-refractivity contribution in [3.8, 4) is 0 Å². The summed E-state index contributed by atoms with van der Waals surface area (Å²) in [4.78, 5) is 11.9. The molecule has 13 heteroatoms. The number of carbonyl (C=O) groups excluding carboxylic acids is 1. The van der Waals surface area contributed by atoms with E-state index in [0.29, 0.717) is 45.1 Å². The van der Waals surface area contributed by atoms with E-state index in [0.717, 1.165) is 24.8 Å². The molecule has 0 bridgehead atoms. The molecule has 6 N–H and O–H groups in total. The average Bonchev–Trinajstić information content (AvgIpc) is 3.61. The SMILES string of the molecule is CO[C@H]1[C@@H](O)[C@H](O[C@H]2CC[C@]3(C)[C@H]4CC[C@]5(C)[C@@H](C6=CC(=O)OC6)CC[C@]5(O)[C@@H]4CC[C@]3(O)C2)O[C@H](CO)[C@H]1O[C@H]1C[C@@H](O)[C@H](O)[C@@H](C)O1. The Balaban J connectivity index is 1.02. The van der Waals surface area contributed by atoms with Crippen LogP contribution in [0.1, 0.15) is 85.0 Å². The molecular formula is C36H56O13. The number of fused-ring (bicyclic) bond motifs is 5. The van der Waals surface area contributed by atoms with Crippen LogP contribution in [0.3, 0.4) is 0 Å². The van der Waals surface area contributed by atoms with Crippen LogP contribution in [0, 0.1) is 28.6 Å². The summed E-state index contributed by atoms with van der Waals surface area (Å²) in [6.07, 6.45) is -1.77. The van der Waals surface area contributed by atoms with Gasteiger partial charge in [-0.05, 0) is 87.0 Å². The predicted octanol–water partition coefficient (Wildman–Crippen LogP) is 1.08. The van der Waals surface area contributed by atoms with Gasteiger partial charge in [0.25, 0.3) is 0 Å². The highest BCUT2D eigenvalue weighted by Gasteiger charge is 2.70. The van der Waals surface area contributed by atoms with Gasteiger partial charge < -0.3 is 59.1 Å². The fourth-order valence-electron chi connectivity index (χ4n) is 11.5. The first kappa shape index (κ1) is 36.1. The minimum atomic E-state index is -1.29. The summed E-state index contributed by atoms with van der Waals surface area (Å²) in [7, 11) is 1.42. The number of esters is 1. The third-order valence-electron chi connectivity index (χ3n) is 14.5. The van der Waals surface area contributed by atoms with Crippen LogP contribution in [0.4, 0.5) is 0 Å². The molecule has 49 heavy (non-hydrogen) atoms. The highest BCUT2D eigenvalue weighted by Crippen LogP contribution is 2.70. The molecule has 0 aromatic carbocycles. The zero-order chi connectivity index (χ0) is 35.1. The maximum absolute atomic E-state index is 12.5. The van der Waals surface area contributed by atoms with Gasteiger partial charge in [0.05, 0.1) is 36.1 Å². The fraction of sp³-hybridized carbons (Fsp3) is 0.917. The van der Waals surface area contributed by atoms with E-state index in [1.165, 1.54) is 7.11 Å². The number of hydrogen-bond donors (Lipinski definition) is 6. The van der Waals surface area contributed by atoms with Crippen molar-refractivity contribution in [2.24, 2.45) is 28.6 Å². The van der Waals surface area contributed by atoms with Crippen molar-refractivity contribution in [3.05, 3.63) is 11.6 Å². The van der Waals surface area contributed by atoms with E-state index in [9.17, 15) is 35.4 Å². The Labute approximate surface area is 287 Å². The van der Waals surface area contributed by atoms with Gasteiger partial charge in [0.2, 0.25) is 0 Å². The minimum Gasteiger partial charge on any atom is -0.458 e. The molecule has 3 heterocycles. The summed E-state index contributed by atoms with van der Waals surface area (Å²) < 4.78 is 35.2. The maximum Gasteiger partial charge on any atom is 0.331 e. The molecule has 0 spiro atoms. The lowest BCUT2D eigenvalue weighted by atomic mass is 9.42. The Morgan fingerprint density at radius 1 is 0.898 bits per heavy atom. The molecule has 4 saturated carbocycles. The standard InChI is InChI=1S/C36H56O13/c1-18-28(40)24(38)14-27(46-18)49-30-25(16-37)48-32(29(41)31(30)44-4)47-20-5-9-33(2)22-6-10-34(3)21(19-13-26(39)45-17-19)8-12-36(34,43)23(22)7-11-35(33,42)15-20/h13,18,20-25,27-32,37-38,40-43H,5-12,14-17H2,1-4H3/t18-,20+,21-,22+,23-,24-,25-,27+,28-,29-,30-,31+,32-,33-,34-,35+,36+/m1/s1. The first-order chi connectivity index (χ1) is 23.2. The highest BCUT2D eigenvalue weighted by atomic mass is 16.7. The van der Waals surface area contributed by atoms with E-state index >= 15 is 0 Å². The molecule has 2 saturated heterocycles. The molecular weight excluding hydrogens is 640 g/mol. The Bertz CT molecular complexity index is 1270. The van der Waals surface area contributed by atoms with Gasteiger partial charge in [0.15, 0.2) is 12.6 Å². The van der Waals surface area contributed by atoms with E-state index in [2.05, 4.69) is 13.8 Å². The Morgan fingerprint density at radius 3 is 2.31 bits per heavy atom. The number of cyclic esters (lactones) is 1. The predicted molar refractivity (Wildman–Crippen MR) is 170 cm³/mol. The summed E-state index contributed by atoms with van der Waals surface area (Å²) in [6, 6.07) is 0. The largest absolute Gasteiger partial charge is 0.458 e. The van der Waals surface area contributed by atoms with Crippen LogP contribution < -0.4 is 0 Å². The Morgan fingerprint density at radius 2 is 1.63 bits per heavy atom. The minimum absolute atomic E-state index is 0.000827. The zero-order valence-electron chi connectivity index (χ0n) is 29.1. The third-order valence-corrected chi connectivity index (χ3v) is 14.5. The summed E-state index contributed by atoms with van der Waals surface area (Å²) >= 11 is 0. The molecule has 7 aliphatic rings. The van der Waals surface area contributed by atoms with Gasteiger partial charge in [-0.15, -0.1) is 0 Å². The average molecular weight is 697 g/mol. The maximum atomic E-state index is 12.5. The quantitative estimate of drug-likeness (QED) is 0.164. The van der Waals surface area contributed by atoms with Crippen LogP contribution in [-0.4, -0.2) is 130 Å². The van der Waals surface area contributed by atoms with Crippen molar-refractivity contribution < 1.29 is 63.9 Å². The van der Waals surface area contributed by atoms with Crippen LogP contribution >= 0.6 is 0 Å². The topological polar surface area (TPSA) is 194 Å².